The van der Waals surface area contributed by atoms with Gasteiger partial charge >= 0.3 is 0 Å². The molecular formula is C16H23NO3S. The first-order valence-electron chi connectivity index (χ1n) is 7.32. The van der Waals surface area contributed by atoms with Gasteiger partial charge in [0.1, 0.15) is 0 Å². The minimum absolute atomic E-state index is 0.0873. The number of ketones is 1. The molecular weight excluding hydrogens is 286 g/mol. The molecule has 0 amide bonds. The average molecular weight is 309 g/mol. The quantitative estimate of drug-likeness (QED) is 0.801. The maximum Gasteiger partial charge on any atom is 0.177 e. The molecule has 1 aliphatic rings. The minimum atomic E-state index is -2.93. The van der Waals surface area contributed by atoms with E-state index >= 15 is 0 Å². The number of hydrogen-bond donors (Lipinski definition) is 0. The van der Waals surface area contributed by atoms with Crippen LogP contribution in [-0.2, 0) is 9.84 Å². The van der Waals surface area contributed by atoms with Crippen LogP contribution in [0, 0.1) is 20.8 Å². The zero-order valence-corrected chi connectivity index (χ0v) is 13.8. The number of carbonyl (C=O) groups is 1. The number of benzene rings is 1. The van der Waals surface area contributed by atoms with Crippen molar-refractivity contribution in [1.29, 1.82) is 0 Å². The van der Waals surface area contributed by atoms with Crippen molar-refractivity contribution in [3.63, 3.8) is 0 Å². The molecule has 1 aromatic carbocycles. The van der Waals surface area contributed by atoms with Gasteiger partial charge in [0, 0.05) is 12.1 Å². The summed E-state index contributed by atoms with van der Waals surface area (Å²) in [5.74, 6) is 0.483. The van der Waals surface area contributed by atoms with Crippen molar-refractivity contribution < 1.29 is 13.2 Å². The Hall–Kier alpha value is -1.20. The molecule has 2 rings (SSSR count). The van der Waals surface area contributed by atoms with E-state index in [1.165, 1.54) is 0 Å². The van der Waals surface area contributed by atoms with Crippen molar-refractivity contribution in [2.75, 3.05) is 31.1 Å². The molecule has 1 aromatic rings. The van der Waals surface area contributed by atoms with Crippen LogP contribution in [0.1, 0.15) is 33.5 Å². The van der Waals surface area contributed by atoms with Crippen LogP contribution in [0.3, 0.4) is 0 Å². The second-order valence-corrected chi connectivity index (χ2v) is 8.28. The lowest BCUT2D eigenvalue weighted by atomic mass is 9.96. The van der Waals surface area contributed by atoms with E-state index in [0.29, 0.717) is 26.1 Å². The highest BCUT2D eigenvalue weighted by Crippen LogP contribution is 2.18. The summed E-state index contributed by atoms with van der Waals surface area (Å²) in [5.41, 5.74) is 3.94. The number of nitrogens with zero attached hydrogens (tertiary/aromatic N) is 1. The summed E-state index contributed by atoms with van der Waals surface area (Å²) in [7, 11) is -2.93. The first kappa shape index (κ1) is 16.2. The number of rotatable bonds is 3. The van der Waals surface area contributed by atoms with Gasteiger partial charge < -0.3 is 0 Å². The van der Waals surface area contributed by atoms with E-state index in [1.807, 2.05) is 37.8 Å². The van der Waals surface area contributed by atoms with Crippen molar-refractivity contribution >= 4 is 15.6 Å². The van der Waals surface area contributed by atoms with Crippen molar-refractivity contribution in [2.45, 2.75) is 27.2 Å². The van der Waals surface area contributed by atoms with Crippen LogP contribution in [0.25, 0.3) is 0 Å². The van der Waals surface area contributed by atoms with Crippen LogP contribution < -0.4 is 0 Å². The maximum absolute atomic E-state index is 12.5. The van der Waals surface area contributed by atoms with Gasteiger partial charge in [-0.3, -0.25) is 9.69 Å². The molecule has 0 N–H and O–H groups in total. The normalized spacial score (nSPS) is 19.2. The predicted octanol–water partition coefficient (Wildman–Crippen LogP) is 1.92. The SMILES string of the molecule is Cc1cc(C)c(C(=O)CN2CCCS(=O)(=O)CC2)c(C)c1. The maximum atomic E-state index is 12.5. The molecule has 4 nitrogen and oxygen atoms in total. The molecule has 1 aliphatic heterocycles. The third-order valence-corrected chi connectivity index (χ3v) is 5.69. The van der Waals surface area contributed by atoms with Crippen LogP contribution in [0.15, 0.2) is 12.1 Å². The smallest absolute Gasteiger partial charge is 0.177 e. The topological polar surface area (TPSA) is 54.5 Å². The fourth-order valence-electron chi connectivity index (χ4n) is 3.05. The van der Waals surface area contributed by atoms with Gasteiger partial charge in [-0.25, -0.2) is 8.42 Å². The number of carbonyl (C=O) groups excluding carboxylic acids is 1. The third-order valence-electron chi connectivity index (χ3n) is 3.97. The lowest BCUT2D eigenvalue weighted by Gasteiger charge is -2.19. The Balaban J connectivity index is 2.12. The summed E-state index contributed by atoms with van der Waals surface area (Å²) in [6.45, 7) is 7.38. The van der Waals surface area contributed by atoms with Gasteiger partial charge in [0.25, 0.3) is 0 Å². The first-order valence-corrected chi connectivity index (χ1v) is 9.14. The largest absolute Gasteiger partial charge is 0.295 e. The molecule has 1 heterocycles. The molecule has 0 spiro atoms. The molecule has 21 heavy (non-hydrogen) atoms. The lowest BCUT2D eigenvalue weighted by Crippen LogP contribution is -2.33. The fraction of sp³-hybridized carbons (Fsp3) is 0.562. The monoisotopic (exact) mass is 309 g/mol. The van der Waals surface area contributed by atoms with Crippen molar-refractivity contribution in [2.24, 2.45) is 0 Å². The summed E-state index contributed by atoms with van der Waals surface area (Å²) < 4.78 is 23.2. The van der Waals surface area contributed by atoms with E-state index in [4.69, 9.17) is 0 Å². The van der Waals surface area contributed by atoms with E-state index in [-0.39, 0.29) is 17.3 Å². The standard InChI is InChI=1S/C16H23NO3S/c1-12-9-13(2)16(14(3)10-12)15(18)11-17-5-4-7-21(19,20)8-6-17/h9-10H,4-8,11H2,1-3H3. The highest BCUT2D eigenvalue weighted by Gasteiger charge is 2.22. The van der Waals surface area contributed by atoms with Gasteiger partial charge in [-0.15, -0.1) is 0 Å². The fourth-order valence-corrected chi connectivity index (χ4v) is 4.36. The van der Waals surface area contributed by atoms with E-state index in [2.05, 4.69) is 0 Å². The van der Waals surface area contributed by atoms with Gasteiger partial charge in [0.05, 0.1) is 18.1 Å². The molecule has 116 valence electrons. The molecule has 0 aromatic heterocycles. The molecule has 0 radical (unpaired) electrons. The van der Waals surface area contributed by atoms with E-state index in [0.717, 1.165) is 22.3 Å². The molecule has 0 atom stereocenters. The van der Waals surface area contributed by atoms with Crippen LogP contribution in [0.5, 0.6) is 0 Å². The summed E-state index contributed by atoms with van der Waals surface area (Å²) in [6, 6.07) is 4.04. The van der Waals surface area contributed by atoms with Crippen molar-refractivity contribution in [3.8, 4) is 0 Å². The lowest BCUT2D eigenvalue weighted by molar-refractivity contribution is 0.0934. The van der Waals surface area contributed by atoms with Crippen LogP contribution in [-0.4, -0.2) is 50.2 Å². The predicted molar refractivity (Wildman–Crippen MR) is 84.7 cm³/mol. The summed E-state index contributed by atoms with van der Waals surface area (Å²) in [4.78, 5) is 14.5. The van der Waals surface area contributed by atoms with Crippen LogP contribution in [0.2, 0.25) is 0 Å². The molecule has 0 aliphatic carbocycles. The van der Waals surface area contributed by atoms with E-state index in [9.17, 15) is 13.2 Å². The van der Waals surface area contributed by atoms with Gasteiger partial charge in [-0.1, -0.05) is 17.7 Å². The number of sulfone groups is 1. The van der Waals surface area contributed by atoms with Gasteiger partial charge in [-0.2, -0.15) is 0 Å². The van der Waals surface area contributed by atoms with Gasteiger partial charge in [0.2, 0.25) is 0 Å². The molecule has 5 heteroatoms. The Morgan fingerprint density at radius 2 is 1.71 bits per heavy atom. The zero-order chi connectivity index (χ0) is 15.6. The van der Waals surface area contributed by atoms with Crippen molar-refractivity contribution in [1.82, 2.24) is 4.90 Å². The van der Waals surface area contributed by atoms with Crippen molar-refractivity contribution in [3.05, 3.63) is 34.4 Å². The number of aryl methyl sites for hydroxylation is 3. The number of Topliss-reactive ketones (excluding diaryl/α,β-unsaturated/α-hetero) is 1. The third kappa shape index (κ3) is 4.14. The van der Waals surface area contributed by atoms with Crippen LogP contribution >= 0.6 is 0 Å². The Morgan fingerprint density at radius 1 is 1.10 bits per heavy atom. The highest BCUT2D eigenvalue weighted by molar-refractivity contribution is 7.91. The first-order chi connectivity index (χ1) is 9.78. The van der Waals surface area contributed by atoms with Crippen LogP contribution in [0.4, 0.5) is 0 Å². The Labute approximate surface area is 127 Å². The minimum Gasteiger partial charge on any atom is -0.295 e. The van der Waals surface area contributed by atoms with Gasteiger partial charge in [-0.05, 0) is 44.9 Å². The number of hydrogen-bond acceptors (Lipinski definition) is 4. The molecule has 1 saturated heterocycles. The summed E-state index contributed by atoms with van der Waals surface area (Å²) >= 11 is 0. The second-order valence-electron chi connectivity index (χ2n) is 5.98. The molecule has 0 bridgehead atoms. The highest BCUT2D eigenvalue weighted by atomic mass is 32.2. The zero-order valence-electron chi connectivity index (χ0n) is 13.0. The average Bonchev–Trinajstić information content (AvgIpc) is 2.49. The summed E-state index contributed by atoms with van der Waals surface area (Å²) in [5, 5.41) is 0. The van der Waals surface area contributed by atoms with Gasteiger partial charge in [0.15, 0.2) is 15.6 Å². The molecule has 0 saturated carbocycles. The second kappa shape index (κ2) is 6.28. The Morgan fingerprint density at radius 3 is 2.33 bits per heavy atom. The Kier molecular flexibility index (Phi) is 4.84. The van der Waals surface area contributed by atoms with E-state index in [1.54, 1.807) is 0 Å². The molecule has 0 unspecified atom stereocenters. The molecule has 1 fully saturated rings. The van der Waals surface area contributed by atoms with E-state index < -0.39 is 9.84 Å². The summed E-state index contributed by atoms with van der Waals surface area (Å²) in [6.07, 6.45) is 0.613. The Bertz CT molecular complexity index is 626.